The highest BCUT2D eigenvalue weighted by Crippen LogP contribution is 2.27. The number of benzene rings is 1. The van der Waals surface area contributed by atoms with Crippen molar-refractivity contribution in [1.29, 1.82) is 0 Å². The number of ether oxygens (including phenoxy) is 1. The Labute approximate surface area is 179 Å². The van der Waals surface area contributed by atoms with Crippen LogP contribution < -0.4 is 15.4 Å². The summed E-state index contributed by atoms with van der Waals surface area (Å²) in [7, 11) is 7.62. The fourth-order valence-electron chi connectivity index (χ4n) is 2.78. The van der Waals surface area contributed by atoms with Gasteiger partial charge in [0.2, 0.25) is 0 Å². The van der Waals surface area contributed by atoms with Gasteiger partial charge < -0.3 is 20.3 Å². The number of aliphatic imine (C=N–C) groups is 1. The number of rotatable bonds is 8. The van der Waals surface area contributed by atoms with Crippen molar-refractivity contribution in [3.05, 3.63) is 59.9 Å². The molecule has 1 aromatic carbocycles. The van der Waals surface area contributed by atoms with Crippen LogP contribution in [0.5, 0.6) is 5.75 Å². The molecule has 148 valence electrons. The van der Waals surface area contributed by atoms with Crippen molar-refractivity contribution in [2.45, 2.75) is 12.5 Å². The minimum Gasteiger partial charge on any atom is -0.496 e. The third-order valence-corrected chi connectivity index (χ3v) is 4.21. The van der Waals surface area contributed by atoms with E-state index in [1.54, 1.807) is 14.2 Å². The Kier molecular flexibility index (Phi) is 10.7. The monoisotopic (exact) mass is 483 g/mol. The van der Waals surface area contributed by atoms with E-state index in [1.165, 1.54) is 0 Å². The second kappa shape index (κ2) is 12.5. The van der Waals surface area contributed by atoms with Gasteiger partial charge in [-0.1, -0.05) is 24.3 Å². The molecule has 0 aliphatic carbocycles. The summed E-state index contributed by atoms with van der Waals surface area (Å²) >= 11 is 0. The van der Waals surface area contributed by atoms with Crippen molar-refractivity contribution in [3.63, 3.8) is 0 Å². The second-order valence-corrected chi connectivity index (χ2v) is 6.17. The standard InChI is InChI=1S/C20H29N5O.HI/c1-21-20(23-14-12-16-9-7-8-13-22-16)24-15-18(25(2)3)17-10-5-6-11-19(17)26-4;/h5-11,13,18H,12,14-15H2,1-4H3,(H2,21,23,24);1H. The number of nitrogens with one attached hydrogen (secondary N) is 2. The third-order valence-electron chi connectivity index (χ3n) is 4.21. The first kappa shape index (κ1) is 23.2. The van der Waals surface area contributed by atoms with Gasteiger partial charge in [0.1, 0.15) is 5.75 Å². The zero-order valence-electron chi connectivity index (χ0n) is 16.5. The van der Waals surface area contributed by atoms with Crippen LogP contribution in [0.1, 0.15) is 17.3 Å². The first-order valence-corrected chi connectivity index (χ1v) is 8.79. The van der Waals surface area contributed by atoms with E-state index >= 15 is 0 Å². The van der Waals surface area contributed by atoms with Crippen molar-refractivity contribution in [2.75, 3.05) is 41.3 Å². The van der Waals surface area contributed by atoms with Crippen LogP contribution in [0.15, 0.2) is 53.7 Å². The summed E-state index contributed by atoms with van der Waals surface area (Å²) in [5.74, 6) is 1.67. The van der Waals surface area contributed by atoms with Crippen LogP contribution in [0, 0.1) is 0 Å². The highest BCUT2D eigenvalue weighted by Gasteiger charge is 2.18. The maximum atomic E-state index is 5.52. The smallest absolute Gasteiger partial charge is 0.191 e. The van der Waals surface area contributed by atoms with E-state index < -0.39 is 0 Å². The molecule has 6 nitrogen and oxygen atoms in total. The van der Waals surface area contributed by atoms with Gasteiger partial charge in [-0.2, -0.15) is 0 Å². The van der Waals surface area contributed by atoms with Crippen molar-refractivity contribution in [2.24, 2.45) is 4.99 Å². The van der Waals surface area contributed by atoms with E-state index in [0.29, 0.717) is 0 Å². The molecular weight excluding hydrogens is 453 g/mol. The lowest BCUT2D eigenvalue weighted by atomic mass is 10.0. The van der Waals surface area contributed by atoms with Gasteiger partial charge in [-0.25, -0.2) is 0 Å². The largest absolute Gasteiger partial charge is 0.496 e. The molecule has 0 bridgehead atoms. The third kappa shape index (κ3) is 7.34. The highest BCUT2D eigenvalue weighted by molar-refractivity contribution is 14.0. The first-order valence-electron chi connectivity index (χ1n) is 8.79. The summed E-state index contributed by atoms with van der Waals surface area (Å²) in [6.07, 6.45) is 2.67. The number of hydrogen-bond donors (Lipinski definition) is 2. The van der Waals surface area contributed by atoms with Gasteiger partial charge in [0.15, 0.2) is 5.96 Å². The van der Waals surface area contributed by atoms with Crippen LogP contribution >= 0.6 is 24.0 Å². The van der Waals surface area contributed by atoms with E-state index in [9.17, 15) is 0 Å². The number of guanidine groups is 1. The van der Waals surface area contributed by atoms with E-state index in [1.807, 2.05) is 42.6 Å². The number of pyridine rings is 1. The van der Waals surface area contributed by atoms with Crippen molar-refractivity contribution >= 4 is 29.9 Å². The zero-order valence-corrected chi connectivity index (χ0v) is 18.8. The number of methoxy groups -OCH3 is 1. The van der Waals surface area contributed by atoms with E-state index in [4.69, 9.17) is 4.74 Å². The van der Waals surface area contributed by atoms with Gasteiger partial charge in [-0.05, 0) is 32.3 Å². The predicted molar refractivity (Wildman–Crippen MR) is 122 cm³/mol. The lowest BCUT2D eigenvalue weighted by Gasteiger charge is -2.27. The molecule has 0 spiro atoms. The van der Waals surface area contributed by atoms with Crippen LogP contribution in [0.25, 0.3) is 0 Å². The van der Waals surface area contributed by atoms with Crippen LogP contribution in [0.2, 0.25) is 0 Å². The number of likely N-dealkylation sites (N-methyl/N-ethyl adjacent to an activating group) is 1. The van der Waals surface area contributed by atoms with Crippen LogP contribution in [0.3, 0.4) is 0 Å². The molecule has 1 atom stereocenters. The fraction of sp³-hybridized carbons (Fsp3) is 0.400. The zero-order chi connectivity index (χ0) is 18.8. The Balaban J connectivity index is 0.00000364. The van der Waals surface area contributed by atoms with Crippen LogP contribution in [-0.2, 0) is 6.42 Å². The van der Waals surface area contributed by atoms with Gasteiger partial charge in [0.05, 0.1) is 13.2 Å². The van der Waals surface area contributed by atoms with Crippen molar-refractivity contribution in [3.8, 4) is 5.75 Å². The van der Waals surface area contributed by atoms with E-state index in [2.05, 4.69) is 45.7 Å². The van der Waals surface area contributed by atoms with Crippen LogP contribution in [0.4, 0.5) is 0 Å². The van der Waals surface area contributed by atoms with Gasteiger partial charge in [0, 0.05) is 44.0 Å². The quantitative estimate of drug-likeness (QED) is 0.344. The van der Waals surface area contributed by atoms with Crippen molar-refractivity contribution in [1.82, 2.24) is 20.5 Å². The molecule has 0 saturated heterocycles. The summed E-state index contributed by atoms with van der Waals surface area (Å²) in [6.45, 7) is 1.49. The molecule has 27 heavy (non-hydrogen) atoms. The molecule has 0 radical (unpaired) electrons. The molecule has 2 N–H and O–H groups in total. The Bertz CT molecular complexity index is 694. The fourth-order valence-corrected chi connectivity index (χ4v) is 2.78. The molecule has 1 unspecified atom stereocenters. The summed E-state index contributed by atoms with van der Waals surface area (Å²) in [6, 6.07) is 14.2. The van der Waals surface area contributed by atoms with E-state index in [-0.39, 0.29) is 30.0 Å². The number of aromatic nitrogens is 1. The van der Waals surface area contributed by atoms with Gasteiger partial charge in [-0.3, -0.25) is 9.98 Å². The Morgan fingerprint density at radius 1 is 1.15 bits per heavy atom. The van der Waals surface area contributed by atoms with Gasteiger partial charge in [-0.15, -0.1) is 24.0 Å². The van der Waals surface area contributed by atoms with E-state index in [0.717, 1.165) is 42.5 Å². The van der Waals surface area contributed by atoms with Gasteiger partial charge >= 0.3 is 0 Å². The molecular formula is C20H30IN5O. The van der Waals surface area contributed by atoms with Gasteiger partial charge in [0.25, 0.3) is 0 Å². The van der Waals surface area contributed by atoms with Crippen molar-refractivity contribution < 1.29 is 4.74 Å². The molecule has 1 heterocycles. The number of halogens is 1. The normalized spacial score (nSPS) is 12.3. The molecule has 0 amide bonds. The second-order valence-electron chi connectivity index (χ2n) is 6.17. The average molecular weight is 483 g/mol. The Hall–Kier alpha value is -1.87. The summed E-state index contributed by atoms with van der Waals surface area (Å²) in [5.41, 5.74) is 2.21. The topological polar surface area (TPSA) is 61.8 Å². The molecule has 0 saturated carbocycles. The summed E-state index contributed by atoms with van der Waals surface area (Å²) in [5, 5.41) is 6.75. The lowest BCUT2D eigenvalue weighted by molar-refractivity contribution is 0.288. The molecule has 2 rings (SSSR count). The molecule has 2 aromatic rings. The Morgan fingerprint density at radius 3 is 2.52 bits per heavy atom. The molecule has 0 aliphatic rings. The number of hydrogen-bond acceptors (Lipinski definition) is 4. The predicted octanol–water partition coefficient (Wildman–Crippen LogP) is 2.72. The molecule has 0 aliphatic heterocycles. The summed E-state index contributed by atoms with van der Waals surface area (Å²) in [4.78, 5) is 10.8. The SMILES string of the molecule is CN=C(NCCc1ccccn1)NCC(c1ccccc1OC)N(C)C.I. The highest BCUT2D eigenvalue weighted by atomic mass is 127. The molecule has 0 fully saturated rings. The maximum absolute atomic E-state index is 5.52. The first-order chi connectivity index (χ1) is 12.7. The average Bonchev–Trinajstić information content (AvgIpc) is 2.67. The maximum Gasteiger partial charge on any atom is 0.191 e. The number of nitrogens with zero attached hydrogens (tertiary/aromatic N) is 3. The summed E-state index contributed by atoms with van der Waals surface area (Å²) < 4.78 is 5.52. The Morgan fingerprint density at radius 2 is 1.89 bits per heavy atom. The minimum atomic E-state index is 0. The molecule has 7 heteroatoms. The van der Waals surface area contributed by atoms with Crippen LogP contribution in [-0.4, -0.2) is 57.2 Å². The number of para-hydroxylation sites is 1. The lowest BCUT2D eigenvalue weighted by Crippen LogP contribution is -2.42. The molecule has 1 aromatic heterocycles. The minimum absolute atomic E-state index is 0.